The highest BCUT2D eigenvalue weighted by atomic mass is 35.5. The van der Waals surface area contributed by atoms with Crippen LogP contribution in [0.25, 0.3) is 0 Å². The van der Waals surface area contributed by atoms with Crippen LogP contribution >= 0.6 is 11.6 Å². The molecule has 114 valence electrons. The SMILES string of the molecule is CCCNC(CCc1nccn1C)c1ccc(Cl)c(C)c1. The number of benzene rings is 1. The topological polar surface area (TPSA) is 29.9 Å². The van der Waals surface area contributed by atoms with Gasteiger partial charge in [-0.3, -0.25) is 0 Å². The predicted molar refractivity (Wildman–Crippen MR) is 88.8 cm³/mol. The van der Waals surface area contributed by atoms with Gasteiger partial charge >= 0.3 is 0 Å². The summed E-state index contributed by atoms with van der Waals surface area (Å²) in [6.45, 7) is 5.27. The van der Waals surface area contributed by atoms with Crippen LogP contribution in [0.1, 0.15) is 42.8 Å². The second-order valence-electron chi connectivity index (χ2n) is 5.51. The molecule has 1 heterocycles. The molecule has 4 heteroatoms. The van der Waals surface area contributed by atoms with Crippen LogP contribution in [-0.4, -0.2) is 16.1 Å². The Kier molecular flexibility index (Phi) is 5.83. The molecule has 2 aromatic rings. The number of nitrogens with one attached hydrogen (secondary N) is 1. The largest absolute Gasteiger partial charge is 0.338 e. The van der Waals surface area contributed by atoms with E-state index in [4.69, 9.17) is 11.6 Å². The number of rotatable bonds is 7. The average Bonchev–Trinajstić information content (AvgIpc) is 2.88. The quantitative estimate of drug-likeness (QED) is 0.836. The molecule has 21 heavy (non-hydrogen) atoms. The van der Waals surface area contributed by atoms with Crippen LogP contribution in [-0.2, 0) is 13.5 Å². The molecule has 0 aliphatic rings. The normalized spacial score (nSPS) is 12.6. The minimum atomic E-state index is 0.345. The molecule has 1 aromatic heterocycles. The highest BCUT2D eigenvalue weighted by molar-refractivity contribution is 6.31. The van der Waals surface area contributed by atoms with Crippen molar-refractivity contribution < 1.29 is 0 Å². The van der Waals surface area contributed by atoms with Crippen molar-refractivity contribution in [2.45, 2.75) is 39.2 Å². The minimum Gasteiger partial charge on any atom is -0.338 e. The molecule has 0 aliphatic heterocycles. The van der Waals surface area contributed by atoms with E-state index in [0.29, 0.717) is 6.04 Å². The van der Waals surface area contributed by atoms with Gasteiger partial charge in [0.25, 0.3) is 0 Å². The van der Waals surface area contributed by atoms with Gasteiger partial charge in [0.15, 0.2) is 0 Å². The van der Waals surface area contributed by atoms with Crippen LogP contribution in [0.3, 0.4) is 0 Å². The van der Waals surface area contributed by atoms with Gasteiger partial charge in [0.1, 0.15) is 5.82 Å². The molecule has 2 rings (SSSR count). The van der Waals surface area contributed by atoms with Crippen LogP contribution < -0.4 is 5.32 Å². The number of nitrogens with zero attached hydrogens (tertiary/aromatic N) is 2. The van der Waals surface area contributed by atoms with Gasteiger partial charge in [-0.15, -0.1) is 0 Å². The molecule has 1 N–H and O–H groups in total. The van der Waals surface area contributed by atoms with Crippen LogP contribution in [0.15, 0.2) is 30.6 Å². The zero-order valence-electron chi connectivity index (χ0n) is 13.1. The van der Waals surface area contributed by atoms with Crippen LogP contribution in [0, 0.1) is 6.92 Å². The lowest BCUT2D eigenvalue weighted by Crippen LogP contribution is -2.23. The van der Waals surface area contributed by atoms with Crippen LogP contribution in [0.4, 0.5) is 0 Å². The summed E-state index contributed by atoms with van der Waals surface area (Å²) in [5.74, 6) is 1.13. The fraction of sp³-hybridized carbons (Fsp3) is 0.471. The summed E-state index contributed by atoms with van der Waals surface area (Å²) >= 11 is 6.14. The lowest BCUT2D eigenvalue weighted by molar-refractivity contribution is 0.491. The van der Waals surface area contributed by atoms with Gasteiger partial charge < -0.3 is 9.88 Å². The Bertz CT molecular complexity index is 577. The highest BCUT2D eigenvalue weighted by Gasteiger charge is 2.13. The molecule has 0 bridgehead atoms. The van der Waals surface area contributed by atoms with E-state index >= 15 is 0 Å². The predicted octanol–water partition coefficient (Wildman–Crippen LogP) is 4.06. The summed E-state index contributed by atoms with van der Waals surface area (Å²) in [7, 11) is 2.04. The van der Waals surface area contributed by atoms with E-state index in [1.165, 1.54) is 5.56 Å². The first-order valence-corrected chi connectivity index (χ1v) is 7.95. The fourth-order valence-corrected chi connectivity index (χ4v) is 2.62. The zero-order chi connectivity index (χ0) is 15.2. The maximum atomic E-state index is 6.14. The van der Waals surface area contributed by atoms with E-state index in [0.717, 1.165) is 42.2 Å². The molecule has 0 fully saturated rings. The Labute approximate surface area is 132 Å². The lowest BCUT2D eigenvalue weighted by Gasteiger charge is -2.20. The van der Waals surface area contributed by atoms with E-state index in [9.17, 15) is 0 Å². The first kappa shape index (κ1) is 16.1. The Morgan fingerprint density at radius 2 is 2.19 bits per heavy atom. The van der Waals surface area contributed by atoms with Crippen molar-refractivity contribution in [3.05, 3.63) is 52.6 Å². The van der Waals surface area contributed by atoms with E-state index in [1.807, 2.05) is 25.5 Å². The molecule has 0 radical (unpaired) electrons. The van der Waals surface area contributed by atoms with Crippen molar-refractivity contribution >= 4 is 11.6 Å². The minimum absolute atomic E-state index is 0.345. The van der Waals surface area contributed by atoms with E-state index < -0.39 is 0 Å². The van der Waals surface area contributed by atoms with Gasteiger partial charge in [0, 0.05) is 36.9 Å². The monoisotopic (exact) mass is 305 g/mol. The molecule has 3 nitrogen and oxygen atoms in total. The van der Waals surface area contributed by atoms with Crippen LogP contribution in [0.2, 0.25) is 5.02 Å². The van der Waals surface area contributed by atoms with E-state index in [2.05, 4.69) is 40.8 Å². The highest BCUT2D eigenvalue weighted by Crippen LogP contribution is 2.24. The summed E-state index contributed by atoms with van der Waals surface area (Å²) in [4.78, 5) is 4.41. The number of aryl methyl sites for hydroxylation is 3. The third-order valence-electron chi connectivity index (χ3n) is 3.80. The molecular weight excluding hydrogens is 282 g/mol. The summed E-state index contributed by atoms with van der Waals surface area (Å²) in [6.07, 6.45) is 6.98. The van der Waals surface area contributed by atoms with Gasteiger partial charge in [-0.25, -0.2) is 4.98 Å². The zero-order valence-corrected chi connectivity index (χ0v) is 13.8. The molecule has 1 atom stereocenters. The average molecular weight is 306 g/mol. The third kappa shape index (κ3) is 4.32. The second-order valence-corrected chi connectivity index (χ2v) is 5.92. The maximum absolute atomic E-state index is 6.14. The fourth-order valence-electron chi connectivity index (χ4n) is 2.50. The first-order chi connectivity index (χ1) is 10.1. The molecule has 0 saturated carbocycles. The smallest absolute Gasteiger partial charge is 0.108 e. The summed E-state index contributed by atoms with van der Waals surface area (Å²) in [6, 6.07) is 6.65. The van der Waals surface area contributed by atoms with Gasteiger partial charge in [-0.1, -0.05) is 30.7 Å². The number of hydrogen-bond donors (Lipinski definition) is 1. The molecule has 0 spiro atoms. The molecule has 1 unspecified atom stereocenters. The Balaban J connectivity index is 2.09. The molecular formula is C17H24ClN3. The van der Waals surface area contributed by atoms with Crippen molar-refractivity contribution in [3.8, 4) is 0 Å². The lowest BCUT2D eigenvalue weighted by atomic mass is 9.99. The number of aromatic nitrogens is 2. The van der Waals surface area contributed by atoms with E-state index in [1.54, 1.807) is 0 Å². The van der Waals surface area contributed by atoms with Gasteiger partial charge in [0.2, 0.25) is 0 Å². The molecule has 0 saturated heterocycles. The Hall–Kier alpha value is -1.32. The maximum Gasteiger partial charge on any atom is 0.108 e. The van der Waals surface area contributed by atoms with Crippen molar-refractivity contribution in [2.24, 2.45) is 7.05 Å². The Morgan fingerprint density at radius 1 is 1.38 bits per heavy atom. The summed E-state index contributed by atoms with van der Waals surface area (Å²) < 4.78 is 2.09. The summed E-state index contributed by atoms with van der Waals surface area (Å²) in [5.41, 5.74) is 2.44. The number of hydrogen-bond acceptors (Lipinski definition) is 2. The van der Waals surface area contributed by atoms with Gasteiger partial charge in [-0.05, 0) is 43.5 Å². The van der Waals surface area contributed by atoms with Crippen LogP contribution in [0.5, 0.6) is 0 Å². The molecule has 0 amide bonds. The van der Waals surface area contributed by atoms with Gasteiger partial charge in [-0.2, -0.15) is 0 Å². The van der Waals surface area contributed by atoms with Crippen molar-refractivity contribution in [2.75, 3.05) is 6.54 Å². The molecule has 0 aliphatic carbocycles. The summed E-state index contributed by atoms with van der Waals surface area (Å²) in [5, 5.41) is 4.46. The number of halogens is 1. The Morgan fingerprint density at radius 3 is 2.81 bits per heavy atom. The standard InChI is InChI=1S/C17H24ClN3/c1-4-9-19-16(7-8-17-20-10-11-21(17)3)14-5-6-15(18)13(2)12-14/h5-6,10-12,16,19H,4,7-9H2,1-3H3. The van der Waals surface area contributed by atoms with Crippen molar-refractivity contribution in [1.82, 2.24) is 14.9 Å². The number of imidazole rings is 1. The van der Waals surface area contributed by atoms with Crippen molar-refractivity contribution in [3.63, 3.8) is 0 Å². The van der Waals surface area contributed by atoms with E-state index in [-0.39, 0.29) is 0 Å². The third-order valence-corrected chi connectivity index (χ3v) is 4.23. The van der Waals surface area contributed by atoms with Gasteiger partial charge in [0.05, 0.1) is 0 Å². The van der Waals surface area contributed by atoms with Crippen molar-refractivity contribution in [1.29, 1.82) is 0 Å². The second kappa shape index (κ2) is 7.62. The first-order valence-electron chi connectivity index (χ1n) is 7.57. The molecule has 1 aromatic carbocycles.